The van der Waals surface area contributed by atoms with Crippen molar-refractivity contribution in [2.24, 2.45) is 0 Å². The molecule has 0 heterocycles. The molecular weight excluding hydrogens is 242 g/mol. The molecule has 1 aromatic carbocycles. The lowest BCUT2D eigenvalue weighted by Crippen LogP contribution is -2.34. The van der Waals surface area contributed by atoms with Crippen molar-refractivity contribution < 1.29 is 14.3 Å². The summed E-state index contributed by atoms with van der Waals surface area (Å²) in [5.41, 5.74) is 1.20. The Morgan fingerprint density at radius 3 is 2.47 bits per heavy atom. The van der Waals surface area contributed by atoms with Crippen molar-refractivity contribution >= 4 is 5.91 Å². The van der Waals surface area contributed by atoms with Gasteiger partial charge in [0.2, 0.25) is 5.91 Å². The average molecular weight is 265 g/mol. The van der Waals surface area contributed by atoms with Crippen LogP contribution in [0.1, 0.15) is 19.4 Å². The van der Waals surface area contributed by atoms with Gasteiger partial charge < -0.3 is 14.4 Å². The third kappa shape index (κ3) is 6.25. The SMILES string of the molecule is Cc1ccc(OCCN(C)C(=O)COC(C)C)cc1. The summed E-state index contributed by atoms with van der Waals surface area (Å²) >= 11 is 0. The van der Waals surface area contributed by atoms with Gasteiger partial charge in [0, 0.05) is 7.05 Å². The number of likely N-dealkylation sites (N-methyl/N-ethyl adjacent to an activating group) is 1. The van der Waals surface area contributed by atoms with E-state index in [-0.39, 0.29) is 18.6 Å². The predicted molar refractivity (Wildman–Crippen MR) is 75.4 cm³/mol. The van der Waals surface area contributed by atoms with Crippen LogP contribution in [0.2, 0.25) is 0 Å². The van der Waals surface area contributed by atoms with E-state index in [2.05, 4.69) is 0 Å². The second-order valence-electron chi connectivity index (χ2n) is 4.84. The minimum atomic E-state index is -0.0267. The second kappa shape index (κ2) is 7.79. The van der Waals surface area contributed by atoms with Crippen molar-refractivity contribution in [2.75, 3.05) is 26.8 Å². The monoisotopic (exact) mass is 265 g/mol. The van der Waals surface area contributed by atoms with Gasteiger partial charge in [0.25, 0.3) is 0 Å². The molecule has 0 aromatic heterocycles. The maximum Gasteiger partial charge on any atom is 0.248 e. The van der Waals surface area contributed by atoms with E-state index in [9.17, 15) is 4.79 Å². The first kappa shape index (κ1) is 15.5. The van der Waals surface area contributed by atoms with Crippen LogP contribution in [0.15, 0.2) is 24.3 Å². The van der Waals surface area contributed by atoms with Gasteiger partial charge in [-0.2, -0.15) is 0 Å². The molecule has 0 unspecified atom stereocenters. The summed E-state index contributed by atoms with van der Waals surface area (Å²) < 4.78 is 10.8. The Bertz CT molecular complexity index is 387. The third-order valence-corrected chi connectivity index (χ3v) is 2.68. The Morgan fingerprint density at radius 2 is 1.89 bits per heavy atom. The van der Waals surface area contributed by atoms with Crippen molar-refractivity contribution in [2.45, 2.75) is 26.9 Å². The minimum Gasteiger partial charge on any atom is -0.492 e. The van der Waals surface area contributed by atoms with Gasteiger partial charge in [0.05, 0.1) is 12.6 Å². The highest BCUT2D eigenvalue weighted by molar-refractivity contribution is 5.77. The Morgan fingerprint density at radius 1 is 1.26 bits per heavy atom. The molecule has 0 radical (unpaired) electrons. The van der Waals surface area contributed by atoms with Crippen LogP contribution in [0.5, 0.6) is 5.75 Å². The van der Waals surface area contributed by atoms with Gasteiger partial charge in [0.15, 0.2) is 0 Å². The molecule has 0 atom stereocenters. The van der Waals surface area contributed by atoms with Crippen LogP contribution in [0, 0.1) is 6.92 Å². The highest BCUT2D eigenvalue weighted by atomic mass is 16.5. The normalized spacial score (nSPS) is 10.6. The first-order chi connectivity index (χ1) is 8.99. The topological polar surface area (TPSA) is 38.8 Å². The second-order valence-corrected chi connectivity index (χ2v) is 4.84. The van der Waals surface area contributed by atoms with Crippen LogP contribution < -0.4 is 4.74 Å². The van der Waals surface area contributed by atoms with Crippen molar-refractivity contribution in [3.05, 3.63) is 29.8 Å². The number of hydrogen-bond acceptors (Lipinski definition) is 3. The van der Waals surface area contributed by atoms with E-state index in [0.29, 0.717) is 13.2 Å². The lowest BCUT2D eigenvalue weighted by molar-refractivity contribution is -0.136. The maximum atomic E-state index is 11.7. The fourth-order valence-electron chi connectivity index (χ4n) is 1.41. The van der Waals surface area contributed by atoms with E-state index in [0.717, 1.165) is 5.75 Å². The molecule has 106 valence electrons. The molecule has 0 aliphatic rings. The van der Waals surface area contributed by atoms with E-state index < -0.39 is 0 Å². The van der Waals surface area contributed by atoms with Gasteiger partial charge in [-0.3, -0.25) is 4.79 Å². The molecule has 0 fully saturated rings. The zero-order valence-corrected chi connectivity index (χ0v) is 12.2. The number of carbonyl (C=O) groups excluding carboxylic acids is 1. The number of nitrogens with zero attached hydrogens (tertiary/aromatic N) is 1. The minimum absolute atomic E-state index is 0.0267. The summed E-state index contributed by atoms with van der Waals surface area (Å²) in [6, 6.07) is 7.86. The number of aryl methyl sites for hydroxylation is 1. The molecular formula is C15H23NO3. The quantitative estimate of drug-likeness (QED) is 0.759. The van der Waals surface area contributed by atoms with E-state index in [1.165, 1.54) is 5.56 Å². The lowest BCUT2D eigenvalue weighted by Gasteiger charge is -2.18. The molecule has 0 bridgehead atoms. The summed E-state index contributed by atoms with van der Waals surface area (Å²) in [5, 5.41) is 0. The molecule has 1 aromatic rings. The molecule has 0 spiro atoms. The predicted octanol–water partition coefficient (Wildman–Crippen LogP) is 2.26. The first-order valence-electron chi connectivity index (χ1n) is 6.54. The van der Waals surface area contributed by atoms with Gasteiger partial charge in [0.1, 0.15) is 19.0 Å². The van der Waals surface area contributed by atoms with E-state index in [1.54, 1.807) is 11.9 Å². The molecule has 0 aliphatic heterocycles. The highest BCUT2D eigenvalue weighted by Crippen LogP contribution is 2.11. The van der Waals surface area contributed by atoms with Crippen molar-refractivity contribution in [1.29, 1.82) is 0 Å². The molecule has 0 saturated heterocycles. The highest BCUT2D eigenvalue weighted by Gasteiger charge is 2.09. The summed E-state index contributed by atoms with van der Waals surface area (Å²) in [4.78, 5) is 13.3. The van der Waals surface area contributed by atoms with Crippen LogP contribution in [-0.4, -0.2) is 43.7 Å². The average Bonchev–Trinajstić information content (AvgIpc) is 2.38. The van der Waals surface area contributed by atoms with Crippen LogP contribution in [0.4, 0.5) is 0 Å². The standard InChI is InChI=1S/C15H23NO3/c1-12(2)19-11-15(17)16(4)9-10-18-14-7-5-13(3)6-8-14/h5-8,12H,9-11H2,1-4H3. The largest absolute Gasteiger partial charge is 0.492 e. The fraction of sp³-hybridized carbons (Fsp3) is 0.533. The van der Waals surface area contributed by atoms with Crippen LogP contribution in [-0.2, 0) is 9.53 Å². The molecule has 1 rings (SSSR count). The van der Waals surface area contributed by atoms with Crippen LogP contribution in [0.3, 0.4) is 0 Å². The molecule has 4 nitrogen and oxygen atoms in total. The van der Waals surface area contributed by atoms with Crippen LogP contribution >= 0.6 is 0 Å². The number of carbonyl (C=O) groups is 1. The van der Waals surface area contributed by atoms with Crippen molar-refractivity contribution in [3.63, 3.8) is 0 Å². The Labute approximate surface area is 115 Å². The molecule has 0 aliphatic carbocycles. The summed E-state index contributed by atoms with van der Waals surface area (Å²) in [6.45, 7) is 7.01. The van der Waals surface area contributed by atoms with Gasteiger partial charge in [-0.05, 0) is 32.9 Å². The van der Waals surface area contributed by atoms with Crippen LogP contribution in [0.25, 0.3) is 0 Å². The Kier molecular flexibility index (Phi) is 6.36. The molecule has 1 amide bonds. The summed E-state index contributed by atoms with van der Waals surface area (Å²) in [6.07, 6.45) is 0.0705. The summed E-state index contributed by atoms with van der Waals surface area (Å²) in [5.74, 6) is 0.797. The number of hydrogen-bond donors (Lipinski definition) is 0. The van der Waals surface area contributed by atoms with Gasteiger partial charge in [-0.25, -0.2) is 0 Å². The van der Waals surface area contributed by atoms with E-state index in [4.69, 9.17) is 9.47 Å². The number of ether oxygens (including phenoxy) is 2. The van der Waals surface area contributed by atoms with Gasteiger partial charge in [-0.15, -0.1) is 0 Å². The number of benzene rings is 1. The number of rotatable bonds is 7. The molecule has 0 N–H and O–H groups in total. The third-order valence-electron chi connectivity index (χ3n) is 2.68. The van der Waals surface area contributed by atoms with Gasteiger partial charge >= 0.3 is 0 Å². The first-order valence-corrected chi connectivity index (χ1v) is 6.54. The Hall–Kier alpha value is -1.55. The van der Waals surface area contributed by atoms with E-state index >= 15 is 0 Å². The molecule has 4 heteroatoms. The zero-order chi connectivity index (χ0) is 14.3. The van der Waals surface area contributed by atoms with Crippen molar-refractivity contribution in [1.82, 2.24) is 4.90 Å². The summed E-state index contributed by atoms with van der Waals surface area (Å²) in [7, 11) is 1.75. The smallest absolute Gasteiger partial charge is 0.248 e. The zero-order valence-electron chi connectivity index (χ0n) is 12.2. The van der Waals surface area contributed by atoms with Gasteiger partial charge in [-0.1, -0.05) is 17.7 Å². The van der Waals surface area contributed by atoms with Crippen molar-refractivity contribution in [3.8, 4) is 5.75 Å². The Balaban J connectivity index is 2.24. The maximum absolute atomic E-state index is 11.7. The fourth-order valence-corrected chi connectivity index (χ4v) is 1.41. The lowest BCUT2D eigenvalue weighted by atomic mass is 10.2. The molecule has 19 heavy (non-hydrogen) atoms. The molecule has 0 saturated carbocycles. The number of amides is 1. The van der Waals surface area contributed by atoms with E-state index in [1.807, 2.05) is 45.0 Å².